The Kier molecular flexibility index (Phi) is 6.27. The summed E-state index contributed by atoms with van der Waals surface area (Å²) in [7, 11) is 0. The quantitative estimate of drug-likeness (QED) is 0.435. The lowest BCUT2D eigenvalue weighted by molar-refractivity contribution is -0.120. The summed E-state index contributed by atoms with van der Waals surface area (Å²) in [5.74, 6) is 2.15. The normalized spacial score (nSPS) is 15.8. The summed E-state index contributed by atoms with van der Waals surface area (Å²) in [6.45, 7) is 3.40. The molecule has 8 heteroatoms. The van der Waals surface area contributed by atoms with E-state index >= 15 is 0 Å². The number of amides is 1. The van der Waals surface area contributed by atoms with Crippen LogP contribution in [0.3, 0.4) is 0 Å². The van der Waals surface area contributed by atoms with Crippen molar-refractivity contribution >= 4 is 29.0 Å². The highest BCUT2D eigenvalue weighted by Crippen LogP contribution is 2.26. The second-order valence-corrected chi connectivity index (χ2v) is 8.91. The van der Waals surface area contributed by atoms with Gasteiger partial charge < -0.3 is 10.2 Å². The van der Waals surface area contributed by atoms with Gasteiger partial charge in [0.15, 0.2) is 11.6 Å². The number of piperidine rings is 1. The molecule has 0 aliphatic carbocycles. The van der Waals surface area contributed by atoms with Crippen LogP contribution in [-0.2, 0) is 4.79 Å². The Morgan fingerprint density at radius 3 is 2.65 bits per heavy atom. The first-order valence-corrected chi connectivity index (χ1v) is 11.7. The van der Waals surface area contributed by atoms with Gasteiger partial charge in [-0.15, -0.1) is 10.2 Å². The van der Waals surface area contributed by atoms with Crippen LogP contribution in [-0.4, -0.2) is 38.7 Å². The van der Waals surface area contributed by atoms with Crippen molar-refractivity contribution in [3.8, 4) is 17.2 Å². The summed E-state index contributed by atoms with van der Waals surface area (Å²) in [6.07, 6.45) is 5.39. The molecule has 0 saturated carbocycles. The molecule has 2 aromatic carbocycles. The molecule has 0 bridgehead atoms. The second-order valence-electron chi connectivity index (χ2n) is 8.47. The van der Waals surface area contributed by atoms with Gasteiger partial charge in [-0.3, -0.25) is 9.36 Å². The molecule has 2 aromatic heterocycles. The van der Waals surface area contributed by atoms with Crippen LogP contribution in [0.5, 0.6) is 0 Å². The third-order valence-corrected chi connectivity index (χ3v) is 6.36. The van der Waals surface area contributed by atoms with Gasteiger partial charge in [-0.05, 0) is 49.6 Å². The molecule has 7 nitrogen and oxygen atoms in total. The molecule has 0 spiro atoms. The Balaban J connectivity index is 1.29. The standard InChI is InChI=1S/C26H25ClN6O/c1-18-9-10-21(27)16-22(18)29-26(34)20-8-5-14-32(17-20)23-11-12-24(31-30-23)33-15-13-28-25(33)19-6-3-2-4-7-19/h2-4,6-7,9-13,15-16,20H,5,8,14,17H2,1H3,(H,29,34). The summed E-state index contributed by atoms with van der Waals surface area (Å²) in [6, 6.07) is 19.4. The lowest BCUT2D eigenvalue weighted by Crippen LogP contribution is -2.41. The third kappa shape index (κ3) is 4.65. The van der Waals surface area contributed by atoms with E-state index in [0.29, 0.717) is 17.4 Å². The molecule has 1 unspecified atom stereocenters. The zero-order valence-electron chi connectivity index (χ0n) is 18.9. The number of benzene rings is 2. The molecule has 0 radical (unpaired) electrons. The highest BCUT2D eigenvalue weighted by Gasteiger charge is 2.27. The van der Waals surface area contributed by atoms with Crippen molar-refractivity contribution in [1.82, 2.24) is 19.7 Å². The monoisotopic (exact) mass is 472 g/mol. The van der Waals surface area contributed by atoms with Crippen LogP contribution < -0.4 is 10.2 Å². The van der Waals surface area contributed by atoms with Crippen LogP contribution in [0.2, 0.25) is 5.02 Å². The molecule has 4 aromatic rings. The highest BCUT2D eigenvalue weighted by atomic mass is 35.5. The molecule has 1 aliphatic heterocycles. The van der Waals surface area contributed by atoms with Crippen LogP contribution >= 0.6 is 11.6 Å². The van der Waals surface area contributed by atoms with Gasteiger partial charge in [0.25, 0.3) is 0 Å². The van der Waals surface area contributed by atoms with Gasteiger partial charge in [0.2, 0.25) is 5.91 Å². The Morgan fingerprint density at radius 2 is 1.85 bits per heavy atom. The van der Waals surface area contributed by atoms with Gasteiger partial charge in [0, 0.05) is 41.8 Å². The van der Waals surface area contributed by atoms with Gasteiger partial charge in [0.05, 0.1) is 5.92 Å². The van der Waals surface area contributed by atoms with Gasteiger partial charge in [-0.1, -0.05) is 48.0 Å². The lowest BCUT2D eigenvalue weighted by Gasteiger charge is -2.32. The summed E-state index contributed by atoms with van der Waals surface area (Å²) < 4.78 is 1.92. The van der Waals surface area contributed by atoms with Crippen LogP contribution in [0.15, 0.2) is 73.1 Å². The molecule has 1 saturated heterocycles. The third-order valence-electron chi connectivity index (χ3n) is 6.13. The van der Waals surface area contributed by atoms with E-state index in [2.05, 4.69) is 25.4 Å². The van der Waals surface area contributed by atoms with Crippen molar-refractivity contribution in [2.75, 3.05) is 23.3 Å². The van der Waals surface area contributed by atoms with Crippen molar-refractivity contribution in [3.05, 3.63) is 83.6 Å². The van der Waals surface area contributed by atoms with Crippen LogP contribution in [0.4, 0.5) is 11.5 Å². The number of nitrogens with one attached hydrogen (secondary N) is 1. The molecular formula is C26H25ClN6O. The van der Waals surface area contributed by atoms with Crippen molar-refractivity contribution in [2.24, 2.45) is 5.92 Å². The average molecular weight is 473 g/mol. The van der Waals surface area contributed by atoms with E-state index in [-0.39, 0.29) is 11.8 Å². The van der Waals surface area contributed by atoms with Gasteiger partial charge >= 0.3 is 0 Å². The van der Waals surface area contributed by atoms with Crippen LogP contribution in [0, 0.1) is 12.8 Å². The highest BCUT2D eigenvalue weighted by molar-refractivity contribution is 6.31. The van der Waals surface area contributed by atoms with E-state index in [0.717, 1.165) is 47.8 Å². The Labute approximate surface area is 203 Å². The first-order valence-electron chi connectivity index (χ1n) is 11.3. The maximum absolute atomic E-state index is 13.0. The number of hydrogen-bond donors (Lipinski definition) is 1. The van der Waals surface area contributed by atoms with Crippen LogP contribution in [0.1, 0.15) is 18.4 Å². The summed E-state index contributed by atoms with van der Waals surface area (Å²) >= 11 is 6.10. The number of imidazole rings is 1. The minimum atomic E-state index is -0.132. The van der Waals surface area contributed by atoms with Crippen molar-refractivity contribution in [2.45, 2.75) is 19.8 Å². The molecule has 34 heavy (non-hydrogen) atoms. The van der Waals surface area contributed by atoms with E-state index in [4.69, 9.17) is 11.6 Å². The fraction of sp³-hybridized carbons (Fsp3) is 0.231. The van der Waals surface area contributed by atoms with Crippen molar-refractivity contribution in [3.63, 3.8) is 0 Å². The maximum Gasteiger partial charge on any atom is 0.229 e. The van der Waals surface area contributed by atoms with Gasteiger partial charge in [-0.2, -0.15) is 0 Å². The number of hydrogen-bond acceptors (Lipinski definition) is 5. The number of halogens is 1. The summed E-state index contributed by atoms with van der Waals surface area (Å²) in [5.41, 5.74) is 2.76. The molecule has 5 rings (SSSR count). The van der Waals surface area contributed by atoms with E-state index in [9.17, 15) is 4.79 Å². The summed E-state index contributed by atoms with van der Waals surface area (Å²) in [4.78, 5) is 19.6. The zero-order chi connectivity index (χ0) is 23.5. The summed E-state index contributed by atoms with van der Waals surface area (Å²) in [5, 5.41) is 12.6. The molecule has 1 fully saturated rings. The van der Waals surface area contributed by atoms with Crippen LogP contribution in [0.25, 0.3) is 17.2 Å². The molecular weight excluding hydrogens is 448 g/mol. The minimum Gasteiger partial charge on any atom is -0.354 e. The van der Waals surface area contributed by atoms with E-state index in [1.807, 2.05) is 72.3 Å². The van der Waals surface area contributed by atoms with Gasteiger partial charge in [0.1, 0.15) is 5.82 Å². The molecule has 1 atom stereocenters. The molecule has 3 heterocycles. The molecule has 1 aliphatic rings. The number of carbonyl (C=O) groups is 1. The molecule has 1 N–H and O–H groups in total. The zero-order valence-corrected chi connectivity index (χ0v) is 19.6. The second kappa shape index (κ2) is 9.65. The van der Waals surface area contributed by atoms with Crippen molar-refractivity contribution in [1.29, 1.82) is 0 Å². The SMILES string of the molecule is Cc1ccc(Cl)cc1NC(=O)C1CCCN(c2ccc(-n3ccnc3-c3ccccc3)nn2)C1. The maximum atomic E-state index is 13.0. The fourth-order valence-corrected chi connectivity index (χ4v) is 4.44. The van der Waals surface area contributed by atoms with E-state index < -0.39 is 0 Å². The van der Waals surface area contributed by atoms with Gasteiger partial charge in [-0.25, -0.2) is 4.98 Å². The van der Waals surface area contributed by atoms with E-state index in [1.54, 1.807) is 12.3 Å². The Morgan fingerprint density at radius 1 is 1.06 bits per heavy atom. The Hall–Kier alpha value is -3.71. The number of nitrogens with zero attached hydrogens (tertiary/aromatic N) is 5. The smallest absolute Gasteiger partial charge is 0.229 e. The number of aryl methyl sites for hydroxylation is 1. The number of anilines is 2. The number of aromatic nitrogens is 4. The predicted octanol–water partition coefficient (Wildman–Crippen LogP) is 5.15. The topological polar surface area (TPSA) is 75.9 Å². The Bertz CT molecular complexity index is 1290. The lowest BCUT2D eigenvalue weighted by atomic mass is 9.97. The average Bonchev–Trinajstić information content (AvgIpc) is 3.37. The first-order chi connectivity index (χ1) is 16.6. The largest absolute Gasteiger partial charge is 0.354 e. The van der Waals surface area contributed by atoms with E-state index in [1.165, 1.54) is 0 Å². The number of rotatable bonds is 5. The van der Waals surface area contributed by atoms with Crippen molar-refractivity contribution < 1.29 is 4.79 Å². The fourth-order valence-electron chi connectivity index (χ4n) is 4.27. The number of carbonyl (C=O) groups excluding carboxylic acids is 1. The molecule has 172 valence electrons. The predicted molar refractivity (Wildman–Crippen MR) is 134 cm³/mol. The molecule has 1 amide bonds. The minimum absolute atomic E-state index is 0.00515. The first kappa shape index (κ1) is 22.1.